The molecule has 0 spiro atoms. The number of rotatable bonds is 9. The molecule has 0 saturated carbocycles. The fourth-order valence-electron chi connectivity index (χ4n) is 7.05. The molecule has 0 saturated heterocycles. The molecule has 217 valence electrons. The van der Waals surface area contributed by atoms with Crippen molar-refractivity contribution in [2.45, 2.75) is 65.7 Å². The van der Waals surface area contributed by atoms with Gasteiger partial charge < -0.3 is 24.8 Å². The summed E-state index contributed by atoms with van der Waals surface area (Å²) < 4.78 is 1.53. The van der Waals surface area contributed by atoms with E-state index in [0.717, 1.165) is 44.9 Å². The Morgan fingerprint density at radius 1 is 0.651 bits per heavy atom. The van der Waals surface area contributed by atoms with Gasteiger partial charge in [-0.15, -0.1) is 0 Å². The summed E-state index contributed by atoms with van der Waals surface area (Å²) in [5.74, 6) is 0. The molecule has 0 aliphatic heterocycles. The zero-order valence-electron chi connectivity index (χ0n) is 25.4. The van der Waals surface area contributed by atoms with Crippen LogP contribution in [0.1, 0.15) is 85.4 Å². The van der Waals surface area contributed by atoms with Crippen molar-refractivity contribution in [3.63, 3.8) is 0 Å². The average molecular weight is 682 g/mol. The molecule has 4 aromatic carbocycles. The number of fused-ring (bicyclic) bond motifs is 2. The van der Waals surface area contributed by atoms with Crippen molar-refractivity contribution < 1.29 is 49.5 Å². The summed E-state index contributed by atoms with van der Waals surface area (Å²) in [6.45, 7) is 7.02. The van der Waals surface area contributed by atoms with Crippen molar-refractivity contribution in [1.29, 1.82) is 0 Å². The van der Waals surface area contributed by atoms with Gasteiger partial charge in [-0.05, 0) is 0 Å². The Hall–Kier alpha value is -2.44. The van der Waals surface area contributed by atoms with Gasteiger partial charge in [0.2, 0.25) is 0 Å². The van der Waals surface area contributed by atoms with Gasteiger partial charge in [-0.25, -0.2) is 0 Å². The molecule has 0 N–H and O–H groups in total. The second kappa shape index (κ2) is 15.0. The maximum atomic E-state index is 2.40. The first-order valence-electron chi connectivity index (χ1n) is 15.5. The first-order chi connectivity index (χ1) is 20.2. The van der Waals surface area contributed by atoms with Crippen molar-refractivity contribution in [2.24, 2.45) is 0 Å². The minimum absolute atomic E-state index is 0. The second-order valence-corrected chi connectivity index (χ2v) is 12.6. The van der Waals surface area contributed by atoms with Gasteiger partial charge in [0.15, 0.2) is 0 Å². The summed E-state index contributed by atoms with van der Waals surface area (Å²) in [5.41, 5.74) is 13.2. The Balaban J connectivity index is 0.00000212. The summed E-state index contributed by atoms with van der Waals surface area (Å²) in [6.07, 6.45) is 14.8. The van der Waals surface area contributed by atoms with Gasteiger partial charge in [0.05, 0.1) is 0 Å². The van der Waals surface area contributed by atoms with Crippen molar-refractivity contribution >= 4 is 14.4 Å². The van der Waals surface area contributed by atoms with Gasteiger partial charge in [-0.1, -0.05) is 0 Å². The molecule has 43 heavy (non-hydrogen) atoms. The van der Waals surface area contributed by atoms with Crippen LogP contribution in [0, 0.1) is 10.4 Å². The van der Waals surface area contributed by atoms with Crippen LogP contribution in [-0.2, 0) is 44.0 Å². The molecule has 3 heteroatoms. The number of hydrogen-bond acceptors (Lipinski definition) is 0. The van der Waals surface area contributed by atoms with E-state index in [4.69, 9.17) is 0 Å². The van der Waals surface area contributed by atoms with Crippen LogP contribution < -0.4 is 35.3 Å². The molecular weight excluding hydrogens is 643 g/mol. The van der Waals surface area contributed by atoms with Crippen LogP contribution in [0.4, 0.5) is 0 Å². The quantitative estimate of drug-likeness (QED) is 0.255. The predicted molar refractivity (Wildman–Crippen MR) is 171 cm³/mol. The van der Waals surface area contributed by atoms with Gasteiger partial charge in [-0.3, -0.25) is 0 Å². The molecule has 0 unspecified atom stereocenters. The van der Waals surface area contributed by atoms with Crippen molar-refractivity contribution in [2.75, 3.05) is 0 Å². The normalized spacial score (nSPS) is 12.8. The van der Waals surface area contributed by atoms with E-state index in [1.807, 2.05) is 0 Å². The Bertz CT molecular complexity index is 1840. The van der Waals surface area contributed by atoms with Crippen molar-refractivity contribution in [3.8, 4) is 0 Å². The van der Waals surface area contributed by atoms with E-state index in [-0.39, 0.29) is 24.8 Å². The summed E-state index contributed by atoms with van der Waals surface area (Å²) in [6, 6.07) is 29.5. The number of aryl methyl sites for hydroxylation is 1. The summed E-state index contributed by atoms with van der Waals surface area (Å²) >= 11 is 1.50. The Labute approximate surface area is 284 Å². The van der Waals surface area contributed by atoms with E-state index < -0.39 is 0 Å². The molecule has 0 bridgehead atoms. The molecular formula is C40H39Cl2Zr. The Morgan fingerprint density at radius 2 is 1.26 bits per heavy atom. The molecule has 0 radical (unpaired) electrons. The second-order valence-electron chi connectivity index (χ2n) is 11.4. The van der Waals surface area contributed by atoms with E-state index in [0.29, 0.717) is 0 Å². The third kappa shape index (κ3) is 6.11. The van der Waals surface area contributed by atoms with Crippen LogP contribution in [-0.4, -0.2) is 0 Å². The SMILES string of the molecule is CCCc1c(C2=CC=CC2)c2c(c(=C(c3ccccc3)c3ccccc3)c1CCC)=c1c(CCC)cccc1=[C]2[Zr+2].[Cl-].[Cl-]. The maximum Gasteiger partial charge on any atom is -1.00 e. The zero-order chi connectivity index (χ0) is 28.3. The summed E-state index contributed by atoms with van der Waals surface area (Å²) in [7, 11) is 0. The van der Waals surface area contributed by atoms with Crippen LogP contribution in [0.3, 0.4) is 0 Å². The standard InChI is InChI=1S/C40H39.2ClH.Zr/c1-4-16-28-25-15-26-32-27-35-38(31-23-13-14-24-31)33(17-5-2)34(18-6-3)39(40(35)37(28)32)36(29-19-9-7-10-20-29)30-21-11-8-12-22-30;;;/h7-15,19-23,25-26H,4-6,16-18,24H2,1-3H3;2*1H;/q;;;+2/p-2. The van der Waals surface area contributed by atoms with E-state index in [1.165, 1.54) is 82.3 Å². The molecule has 0 atom stereocenters. The first-order valence-corrected chi connectivity index (χ1v) is 16.7. The zero-order valence-corrected chi connectivity index (χ0v) is 29.4. The number of hydrogen-bond donors (Lipinski definition) is 0. The smallest absolute Gasteiger partial charge is 1.00 e. The predicted octanol–water partition coefficient (Wildman–Crippen LogP) is 2.45. The van der Waals surface area contributed by atoms with Crippen molar-refractivity contribution in [1.82, 2.24) is 0 Å². The van der Waals surface area contributed by atoms with Crippen LogP contribution in [0.2, 0.25) is 0 Å². The van der Waals surface area contributed by atoms with Gasteiger partial charge >= 0.3 is 262 Å². The van der Waals surface area contributed by atoms with Crippen molar-refractivity contribution in [3.05, 3.63) is 157 Å². The van der Waals surface area contributed by atoms with E-state index in [9.17, 15) is 0 Å². The molecule has 4 aromatic rings. The molecule has 2 aliphatic rings. The topological polar surface area (TPSA) is 0 Å². The summed E-state index contributed by atoms with van der Waals surface area (Å²) in [4.78, 5) is 0. The maximum absolute atomic E-state index is 2.40. The van der Waals surface area contributed by atoms with Gasteiger partial charge in [0.25, 0.3) is 0 Å². The molecule has 0 heterocycles. The van der Waals surface area contributed by atoms with Gasteiger partial charge in [0, 0.05) is 0 Å². The average Bonchev–Trinajstić information content (AvgIpc) is 3.64. The van der Waals surface area contributed by atoms with E-state index >= 15 is 0 Å². The molecule has 0 nitrogen and oxygen atoms in total. The number of benzene rings is 4. The monoisotopic (exact) mass is 679 g/mol. The fourth-order valence-corrected chi connectivity index (χ4v) is 8.18. The van der Waals surface area contributed by atoms with Crippen LogP contribution in [0.25, 0.3) is 14.4 Å². The summed E-state index contributed by atoms with van der Waals surface area (Å²) in [5, 5.41) is 5.96. The largest absolute Gasteiger partial charge is 1.00 e. The number of halogens is 2. The molecule has 0 amide bonds. The van der Waals surface area contributed by atoms with Crippen LogP contribution >= 0.6 is 0 Å². The fraction of sp³-hybridized carbons (Fsp3) is 0.250. The molecule has 2 aliphatic carbocycles. The van der Waals surface area contributed by atoms with Gasteiger partial charge in [-0.2, -0.15) is 0 Å². The minimum Gasteiger partial charge on any atom is -1.00 e. The third-order valence-corrected chi connectivity index (χ3v) is 9.90. The Kier molecular flexibility index (Phi) is 11.7. The van der Waals surface area contributed by atoms with E-state index in [1.54, 1.807) is 16.7 Å². The first kappa shape index (κ1) is 33.5. The molecule has 0 fully saturated rings. The molecule has 6 rings (SSSR count). The molecule has 0 aromatic heterocycles. The number of allylic oxidation sites excluding steroid dienone is 4. The third-order valence-electron chi connectivity index (χ3n) is 8.62. The van der Waals surface area contributed by atoms with Gasteiger partial charge in [0.1, 0.15) is 0 Å². The van der Waals surface area contributed by atoms with E-state index in [2.05, 4.69) is 118 Å². The van der Waals surface area contributed by atoms with Crippen LogP contribution in [0.15, 0.2) is 97.1 Å². The minimum atomic E-state index is 0. The van der Waals surface area contributed by atoms with Crippen LogP contribution in [0.5, 0.6) is 0 Å². The Morgan fingerprint density at radius 3 is 1.81 bits per heavy atom.